The average molecular weight is 394 g/mol. The molecule has 0 aliphatic carbocycles. The van der Waals surface area contributed by atoms with Crippen LogP contribution in [0, 0.1) is 5.82 Å². The molecule has 27 heavy (non-hydrogen) atoms. The third-order valence-corrected chi connectivity index (χ3v) is 5.81. The zero-order chi connectivity index (χ0) is 19.6. The molecule has 0 atom stereocenters. The molecular formula is C16H15FN4O5S. The first-order valence-corrected chi connectivity index (χ1v) is 9.23. The van der Waals surface area contributed by atoms with Gasteiger partial charge in [0, 0.05) is 13.1 Å². The van der Waals surface area contributed by atoms with Gasteiger partial charge in [-0.25, -0.2) is 27.6 Å². The predicted octanol–water partition coefficient (Wildman–Crippen LogP) is 0.440. The molecule has 0 spiro atoms. The minimum absolute atomic E-state index is 0.0147. The van der Waals surface area contributed by atoms with Gasteiger partial charge in [-0.1, -0.05) is 0 Å². The number of hydrogen-bond donors (Lipinski definition) is 0. The smallest absolute Gasteiger partial charge is 0.337 e. The summed E-state index contributed by atoms with van der Waals surface area (Å²) >= 11 is 0. The van der Waals surface area contributed by atoms with Crippen molar-refractivity contribution in [3.63, 3.8) is 0 Å². The summed E-state index contributed by atoms with van der Waals surface area (Å²) in [5.41, 5.74) is 0.214. The maximum atomic E-state index is 12.9. The number of ether oxygens (including phenoxy) is 1. The molecule has 2 aromatic rings. The number of hydrogen-bond acceptors (Lipinski definition) is 7. The number of benzene rings is 1. The SMILES string of the molecule is COC(=O)c1ccc(S(=O)(=O)N2CCN(c3ncc(F)cn3)C(=O)C2)cc1. The van der Waals surface area contributed by atoms with Crippen molar-refractivity contribution in [1.29, 1.82) is 0 Å². The first kappa shape index (κ1) is 18.9. The van der Waals surface area contributed by atoms with Gasteiger partial charge in [-0.2, -0.15) is 4.31 Å². The minimum atomic E-state index is -3.92. The molecule has 2 heterocycles. The number of carbonyl (C=O) groups is 2. The van der Waals surface area contributed by atoms with Gasteiger partial charge in [0.15, 0.2) is 5.82 Å². The molecule has 0 radical (unpaired) electrons. The number of halogens is 1. The number of anilines is 1. The van der Waals surface area contributed by atoms with Crippen molar-refractivity contribution in [2.24, 2.45) is 0 Å². The predicted molar refractivity (Wildman–Crippen MR) is 90.9 cm³/mol. The Balaban J connectivity index is 1.76. The van der Waals surface area contributed by atoms with E-state index in [0.717, 1.165) is 16.7 Å². The van der Waals surface area contributed by atoms with Crippen LogP contribution in [0.1, 0.15) is 10.4 Å². The lowest BCUT2D eigenvalue weighted by Crippen LogP contribution is -2.52. The fourth-order valence-electron chi connectivity index (χ4n) is 2.54. The zero-order valence-electron chi connectivity index (χ0n) is 14.2. The summed E-state index contributed by atoms with van der Waals surface area (Å²) < 4.78 is 44.0. The van der Waals surface area contributed by atoms with E-state index in [2.05, 4.69) is 14.7 Å². The van der Waals surface area contributed by atoms with E-state index in [0.29, 0.717) is 0 Å². The van der Waals surface area contributed by atoms with Crippen LogP contribution in [-0.2, 0) is 19.6 Å². The Hall–Kier alpha value is -2.92. The van der Waals surface area contributed by atoms with Crippen molar-refractivity contribution >= 4 is 27.8 Å². The number of nitrogens with zero attached hydrogens (tertiary/aromatic N) is 4. The summed E-state index contributed by atoms with van der Waals surface area (Å²) in [6.45, 7) is -0.348. The lowest BCUT2D eigenvalue weighted by molar-refractivity contribution is -0.120. The Morgan fingerprint density at radius 3 is 2.33 bits per heavy atom. The lowest BCUT2D eigenvalue weighted by Gasteiger charge is -2.32. The molecule has 1 aliphatic heterocycles. The zero-order valence-corrected chi connectivity index (χ0v) is 15.0. The van der Waals surface area contributed by atoms with Crippen LogP contribution in [0.5, 0.6) is 0 Å². The normalized spacial score (nSPS) is 15.6. The first-order valence-electron chi connectivity index (χ1n) is 7.79. The van der Waals surface area contributed by atoms with Gasteiger partial charge in [0.2, 0.25) is 21.9 Å². The molecule has 3 rings (SSSR count). The molecule has 11 heteroatoms. The molecule has 9 nitrogen and oxygen atoms in total. The van der Waals surface area contributed by atoms with Gasteiger partial charge in [0.25, 0.3) is 0 Å². The topological polar surface area (TPSA) is 110 Å². The summed E-state index contributed by atoms with van der Waals surface area (Å²) in [5, 5.41) is 0. The van der Waals surface area contributed by atoms with Crippen molar-refractivity contribution in [1.82, 2.24) is 14.3 Å². The first-order chi connectivity index (χ1) is 12.8. The van der Waals surface area contributed by atoms with Crippen LogP contribution in [0.2, 0.25) is 0 Å². The summed E-state index contributed by atoms with van der Waals surface area (Å²) in [5.74, 6) is -1.73. The molecule has 1 aliphatic rings. The molecule has 1 amide bonds. The molecule has 1 aromatic heterocycles. The van der Waals surface area contributed by atoms with Crippen molar-refractivity contribution < 1.29 is 27.1 Å². The molecule has 0 N–H and O–H groups in total. The highest BCUT2D eigenvalue weighted by atomic mass is 32.2. The highest BCUT2D eigenvalue weighted by Gasteiger charge is 2.34. The minimum Gasteiger partial charge on any atom is -0.465 e. The average Bonchev–Trinajstić information content (AvgIpc) is 2.68. The number of esters is 1. The van der Waals surface area contributed by atoms with Gasteiger partial charge in [-0.15, -0.1) is 0 Å². The Morgan fingerprint density at radius 1 is 1.15 bits per heavy atom. The fraction of sp³-hybridized carbons (Fsp3) is 0.250. The molecular weight excluding hydrogens is 379 g/mol. The van der Waals surface area contributed by atoms with Crippen LogP contribution in [0.15, 0.2) is 41.6 Å². The van der Waals surface area contributed by atoms with E-state index in [4.69, 9.17) is 0 Å². The largest absolute Gasteiger partial charge is 0.465 e. The van der Waals surface area contributed by atoms with Gasteiger partial charge < -0.3 is 4.74 Å². The highest BCUT2D eigenvalue weighted by Crippen LogP contribution is 2.20. The number of rotatable bonds is 4. The van der Waals surface area contributed by atoms with E-state index in [-0.39, 0.29) is 29.5 Å². The molecule has 0 bridgehead atoms. The van der Waals surface area contributed by atoms with Crippen molar-refractivity contribution in [2.75, 3.05) is 31.6 Å². The van der Waals surface area contributed by atoms with Crippen LogP contribution in [-0.4, -0.2) is 61.3 Å². The molecule has 0 unspecified atom stereocenters. The van der Waals surface area contributed by atoms with Gasteiger partial charge in [-0.05, 0) is 24.3 Å². The maximum absolute atomic E-state index is 12.9. The Kier molecular flexibility index (Phi) is 5.15. The Labute approximate surface area is 154 Å². The van der Waals surface area contributed by atoms with Crippen LogP contribution in [0.25, 0.3) is 0 Å². The number of carbonyl (C=O) groups excluding carboxylic acids is 2. The number of sulfonamides is 1. The van der Waals surface area contributed by atoms with E-state index in [1.807, 2.05) is 0 Å². The van der Waals surface area contributed by atoms with Crippen molar-refractivity contribution in [2.45, 2.75) is 4.90 Å². The number of methoxy groups -OCH3 is 1. The van der Waals surface area contributed by atoms with Crippen molar-refractivity contribution in [3.05, 3.63) is 48.0 Å². The summed E-state index contributed by atoms with van der Waals surface area (Å²) in [4.78, 5) is 32.4. The highest BCUT2D eigenvalue weighted by molar-refractivity contribution is 7.89. The molecule has 1 saturated heterocycles. The molecule has 0 saturated carbocycles. The Bertz CT molecular complexity index is 963. The van der Waals surface area contributed by atoms with E-state index in [1.54, 1.807) is 0 Å². The summed E-state index contributed by atoms with van der Waals surface area (Å²) in [7, 11) is -2.70. The number of aromatic nitrogens is 2. The number of amides is 1. The third-order valence-electron chi connectivity index (χ3n) is 3.95. The molecule has 142 valence electrons. The van der Waals surface area contributed by atoms with E-state index in [9.17, 15) is 22.4 Å². The summed E-state index contributed by atoms with van der Waals surface area (Å²) in [6, 6.07) is 5.23. The molecule has 1 fully saturated rings. The van der Waals surface area contributed by atoms with Crippen LogP contribution < -0.4 is 4.90 Å². The summed E-state index contributed by atoms with van der Waals surface area (Å²) in [6.07, 6.45) is 1.86. The second-order valence-corrected chi connectivity index (χ2v) is 7.54. The molecule has 1 aromatic carbocycles. The quantitative estimate of drug-likeness (QED) is 0.692. The second-order valence-electron chi connectivity index (χ2n) is 5.60. The van der Waals surface area contributed by atoms with Crippen LogP contribution in [0.3, 0.4) is 0 Å². The lowest BCUT2D eigenvalue weighted by atomic mass is 10.2. The second kappa shape index (κ2) is 7.37. The third kappa shape index (κ3) is 3.78. The van der Waals surface area contributed by atoms with Gasteiger partial charge >= 0.3 is 5.97 Å². The maximum Gasteiger partial charge on any atom is 0.337 e. The standard InChI is InChI=1S/C16H15FN4O5S/c1-26-15(23)11-2-4-13(5-3-11)27(24,25)20-6-7-21(14(22)10-20)16-18-8-12(17)9-19-16/h2-5,8-9H,6-7,10H2,1H3. The van der Waals surface area contributed by atoms with Gasteiger partial charge in [-0.3, -0.25) is 9.69 Å². The monoisotopic (exact) mass is 394 g/mol. The van der Waals surface area contributed by atoms with Crippen molar-refractivity contribution in [3.8, 4) is 0 Å². The van der Waals surface area contributed by atoms with Crippen LogP contribution in [0.4, 0.5) is 10.3 Å². The van der Waals surface area contributed by atoms with E-state index < -0.39 is 34.3 Å². The van der Waals surface area contributed by atoms with E-state index in [1.165, 1.54) is 36.3 Å². The van der Waals surface area contributed by atoms with E-state index >= 15 is 0 Å². The Morgan fingerprint density at radius 2 is 1.78 bits per heavy atom. The van der Waals surface area contributed by atoms with Gasteiger partial charge in [0.1, 0.15) is 0 Å². The fourth-order valence-corrected chi connectivity index (χ4v) is 3.92. The van der Waals surface area contributed by atoms with Gasteiger partial charge in [0.05, 0.1) is 36.5 Å². The van der Waals surface area contributed by atoms with Crippen LogP contribution >= 0.6 is 0 Å². The number of piperazine rings is 1.